The maximum absolute atomic E-state index is 11.8. The van der Waals surface area contributed by atoms with Gasteiger partial charge in [0.2, 0.25) is 15.8 Å². The van der Waals surface area contributed by atoms with Gasteiger partial charge >= 0.3 is 11.7 Å². The van der Waals surface area contributed by atoms with Gasteiger partial charge in [0.25, 0.3) is 0 Å². The molecule has 0 aliphatic heterocycles. The minimum absolute atomic E-state index is 0.0105. The highest BCUT2D eigenvalue weighted by Gasteiger charge is 2.24. The molecule has 0 fully saturated rings. The van der Waals surface area contributed by atoms with Crippen LogP contribution in [0, 0.1) is 10.1 Å². The number of rotatable bonds is 5. The molecule has 2 rings (SSSR count). The second-order valence-electron chi connectivity index (χ2n) is 4.53. The third-order valence-corrected chi connectivity index (χ3v) is 3.73. The molecular weight excluding hydrogens is 344 g/mol. The van der Waals surface area contributed by atoms with Crippen LogP contribution in [0.2, 0.25) is 0 Å². The van der Waals surface area contributed by atoms with Crippen LogP contribution in [0.15, 0.2) is 39.8 Å². The summed E-state index contributed by atoms with van der Waals surface area (Å²) in [5.41, 5.74) is -1.40. The number of carbonyl (C=O) groups excluding carboxylic acids is 1. The zero-order valence-electron chi connectivity index (χ0n) is 11.9. The lowest BCUT2D eigenvalue weighted by Crippen LogP contribution is -2.28. The number of amides is 2. The molecule has 0 unspecified atom stereocenters. The van der Waals surface area contributed by atoms with Gasteiger partial charge < -0.3 is 20.2 Å². The predicted octanol–water partition coefficient (Wildman–Crippen LogP) is 0.862. The first-order valence-electron chi connectivity index (χ1n) is 6.30. The van der Waals surface area contributed by atoms with Crippen molar-refractivity contribution in [2.45, 2.75) is 11.4 Å². The smallest absolute Gasteiger partial charge is 0.319 e. The van der Waals surface area contributed by atoms with E-state index in [1.165, 1.54) is 6.26 Å². The number of primary sulfonamides is 1. The molecule has 0 saturated carbocycles. The molecule has 1 aromatic heterocycles. The average molecular weight is 356 g/mol. The Labute approximate surface area is 135 Å². The van der Waals surface area contributed by atoms with Crippen LogP contribution in [-0.2, 0) is 16.6 Å². The van der Waals surface area contributed by atoms with Gasteiger partial charge in [0.15, 0.2) is 0 Å². The van der Waals surface area contributed by atoms with Gasteiger partial charge in [0.05, 0.1) is 28.3 Å². The van der Waals surface area contributed by atoms with E-state index in [1.807, 2.05) is 0 Å². The number of anilines is 1. The van der Waals surface area contributed by atoms with Crippen molar-refractivity contribution < 1.29 is 27.7 Å². The van der Waals surface area contributed by atoms with Crippen molar-refractivity contribution in [3.05, 3.63) is 46.4 Å². The summed E-state index contributed by atoms with van der Waals surface area (Å²) in [5, 5.41) is 30.1. The third-order valence-electron chi connectivity index (χ3n) is 2.84. The SMILES string of the molecule is NS(=O)(=O)c1cc(NC(=O)NCc2ccco2)c(O)c([N+](=O)[O-])c1. The molecule has 0 aliphatic carbocycles. The van der Waals surface area contributed by atoms with Crippen LogP contribution in [-0.4, -0.2) is 24.5 Å². The van der Waals surface area contributed by atoms with E-state index >= 15 is 0 Å². The van der Waals surface area contributed by atoms with Crippen LogP contribution >= 0.6 is 0 Å². The Balaban J connectivity index is 2.26. The molecule has 1 heterocycles. The molecular formula is C12H12N4O7S. The van der Waals surface area contributed by atoms with Crippen molar-refractivity contribution in [1.29, 1.82) is 0 Å². The summed E-state index contributed by atoms with van der Waals surface area (Å²) in [6.07, 6.45) is 1.40. The zero-order chi connectivity index (χ0) is 17.9. The van der Waals surface area contributed by atoms with E-state index in [4.69, 9.17) is 9.56 Å². The van der Waals surface area contributed by atoms with E-state index in [0.717, 1.165) is 6.07 Å². The fourth-order valence-corrected chi connectivity index (χ4v) is 2.30. The Morgan fingerprint density at radius 2 is 2.12 bits per heavy atom. The normalized spacial score (nSPS) is 11.0. The second kappa shape index (κ2) is 6.55. The Morgan fingerprint density at radius 3 is 2.67 bits per heavy atom. The number of nitro benzene ring substituents is 1. The van der Waals surface area contributed by atoms with Crippen LogP contribution in [0.5, 0.6) is 5.75 Å². The molecule has 0 spiro atoms. The van der Waals surface area contributed by atoms with Gasteiger partial charge in [-0.2, -0.15) is 0 Å². The largest absolute Gasteiger partial charge is 0.501 e. The molecule has 12 heteroatoms. The van der Waals surface area contributed by atoms with Crippen LogP contribution in [0.1, 0.15) is 5.76 Å². The van der Waals surface area contributed by atoms with Gasteiger partial charge in [-0.25, -0.2) is 18.4 Å². The molecule has 128 valence electrons. The van der Waals surface area contributed by atoms with Crippen LogP contribution < -0.4 is 15.8 Å². The number of nitrogens with zero attached hydrogens (tertiary/aromatic N) is 1. The fourth-order valence-electron chi connectivity index (χ4n) is 1.74. The number of phenolic OH excluding ortho intramolecular Hbond substituents is 1. The van der Waals surface area contributed by atoms with Crippen molar-refractivity contribution in [2.75, 3.05) is 5.32 Å². The molecule has 24 heavy (non-hydrogen) atoms. The van der Waals surface area contributed by atoms with Crippen molar-refractivity contribution in [1.82, 2.24) is 5.32 Å². The quantitative estimate of drug-likeness (QED) is 0.348. The highest BCUT2D eigenvalue weighted by atomic mass is 32.2. The molecule has 11 nitrogen and oxygen atoms in total. The molecule has 2 amide bonds. The van der Waals surface area contributed by atoms with Gasteiger partial charge in [-0.3, -0.25) is 10.1 Å². The standard InChI is InChI=1S/C12H12N4O7S/c13-24(21,22)8-4-9(11(17)10(5-8)16(19)20)15-12(18)14-6-7-2-1-3-23-7/h1-5,17H,6H2,(H2,13,21,22)(H2,14,15,18). The number of aromatic hydroxyl groups is 1. The second-order valence-corrected chi connectivity index (χ2v) is 6.09. The molecule has 0 atom stereocenters. The van der Waals surface area contributed by atoms with Crippen LogP contribution in [0.4, 0.5) is 16.2 Å². The molecule has 5 N–H and O–H groups in total. The summed E-state index contributed by atoms with van der Waals surface area (Å²) in [6, 6.07) is 3.77. The maximum atomic E-state index is 11.8. The van der Waals surface area contributed by atoms with E-state index in [2.05, 4.69) is 10.6 Å². The lowest BCUT2D eigenvalue weighted by atomic mass is 10.2. The van der Waals surface area contributed by atoms with Crippen molar-refractivity contribution in [3.63, 3.8) is 0 Å². The zero-order valence-corrected chi connectivity index (χ0v) is 12.7. The molecule has 0 saturated heterocycles. The summed E-state index contributed by atoms with van der Waals surface area (Å²) in [4.78, 5) is 21.0. The minimum atomic E-state index is -4.28. The highest BCUT2D eigenvalue weighted by Crippen LogP contribution is 2.36. The molecule has 2 aromatic rings. The van der Waals surface area contributed by atoms with E-state index in [9.17, 15) is 28.4 Å². The van der Waals surface area contributed by atoms with Gasteiger partial charge in [0.1, 0.15) is 5.76 Å². The predicted molar refractivity (Wildman–Crippen MR) is 80.7 cm³/mol. The summed E-state index contributed by atoms with van der Waals surface area (Å²) in [6.45, 7) is 0.0105. The van der Waals surface area contributed by atoms with E-state index in [1.54, 1.807) is 12.1 Å². The summed E-state index contributed by atoms with van der Waals surface area (Å²) in [5.74, 6) is -0.459. The number of nitro groups is 1. The van der Waals surface area contributed by atoms with Crippen molar-refractivity contribution in [3.8, 4) is 5.75 Å². The summed E-state index contributed by atoms with van der Waals surface area (Å²) < 4.78 is 27.7. The topological polar surface area (TPSA) is 178 Å². The Kier molecular flexibility index (Phi) is 4.71. The first kappa shape index (κ1) is 17.2. The van der Waals surface area contributed by atoms with Gasteiger partial charge in [0, 0.05) is 6.07 Å². The lowest BCUT2D eigenvalue weighted by Gasteiger charge is -2.10. The number of sulfonamides is 1. The number of benzene rings is 1. The first-order chi connectivity index (χ1) is 11.2. The van der Waals surface area contributed by atoms with Crippen molar-refractivity contribution >= 4 is 27.4 Å². The number of phenols is 1. The number of nitrogens with one attached hydrogen (secondary N) is 2. The minimum Gasteiger partial charge on any atom is -0.501 e. The van der Waals surface area contributed by atoms with E-state index in [0.29, 0.717) is 11.8 Å². The van der Waals surface area contributed by atoms with Crippen molar-refractivity contribution in [2.24, 2.45) is 5.14 Å². The highest BCUT2D eigenvalue weighted by molar-refractivity contribution is 7.89. The Morgan fingerprint density at radius 1 is 1.42 bits per heavy atom. The summed E-state index contributed by atoms with van der Waals surface area (Å²) in [7, 11) is -4.28. The number of urea groups is 1. The van der Waals surface area contributed by atoms with Gasteiger partial charge in [-0.15, -0.1) is 0 Å². The monoisotopic (exact) mass is 356 g/mol. The first-order valence-corrected chi connectivity index (χ1v) is 7.84. The third kappa shape index (κ3) is 3.99. The Bertz CT molecular complexity index is 877. The summed E-state index contributed by atoms with van der Waals surface area (Å²) >= 11 is 0. The lowest BCUT2D eigenvalue weighted by molar-refractivity contribution is -0.386. The molecule has 0 bridgehead atoms. The van der Waals surface area contributed by atoms with Crippen LogP contribution in [0.25, 0.3) is 0 Å². The van der Waals surface area contributed by atoms with Gasteiger partial charge in [-0.05, 0) is 18.2 Å². The molecule has 0 aliphatic rings. The number of hydrogen-bond donors (Lipinski definition) is 4. The van der Waals surface area contributed by atoms with Crippen LogP contribution in [0.3, 0.4) is 0 Å². The molecule has 1 aromatic carbocycles. The van der Waals surface area contributed by atoms with Gasteiger partial charge in [-0.1, -0.05) is 0 Å². The maximum Gasteiger partial charge on any atom is 0.319 e. The number of carbonyl (C=O) groups is 1. The fraction of sp³-hybridized carbons (Fsp3) is 0.0833. The average Bonchev–Trinajstić information content (AvgIpc) is 2.99. The van der Waals surface area contributed by atoms with E-state index in [-0.39, 0.29) is 6.54 Å². The molecule has 0 radical (unpaired) electrons. The number of hydrogen-bond acceptors (Lipinski definition) is 7. The van der Waals surface area contributed by atoms with E-state index < -0.39 is 43.0 Å². The number of furan rings is 1. The number of nitrogens with two attached hydrogens (primary N) is 1. The Hall–Kier alpha value is -3.12.